The van der Waals surface area contributed by atoms with Crippen molar-refractivity contribution in [3.05, 3.63) is 17.9 Å². The van der Waals surface area contributed by atoms with Crippen molar-refractivity contribution in [3.63, 3.8) is 0 Å². The minimum Gasteiger partial charge on any atom is -0.447 e. The average Bonchev–Trinajstić information content (AvgIpc) is 2.68. The molecule has 0 saturated heterocycles. The molecule has 16 heavy (non-hydrogen) atoms. The van der Waals surface area contributed by atoms with Crippen molar-refractivity contribution in [2.75, 3.05) is 13.6 Å². The predicted molar refractivity (Wildman–Crippen MR) is 61.6 cm³/mol. The molecule has 0 amide bonds. The molecule has 5 nitrogen and oxygen atoms in total. The van der Waals surface area contributed by atoms with E-state index in [2.05, 4.69) is 10.0 Å². The van der Waals surface area contributed by atoms with Crippen molar-refractivity contribution in [1.29, 1.82) is 0 Å². The highest BCUT2D eigenvalue weighted by atomic mass is 32.2. The monoisotopic (exact) mass is 246 g/mol. The van der Waals surface area contributed by atoms with Crippen LogP contribution in [0.15, 0.2) is 21.6 Å². The lowest BCUT2D eigenvalue weighted by atomic mass is 10.3. The van der Waals surface area contributed by atoms with E-state index in [1.807, 2.05) is 6.92 Å². The number of furan rings is 1. The second kappa shape index (κ2) is 6.03. The van der Waals surface area contributed by atoms with Gasteiger partial charge in [-0.3, -0.25) is 0 Å². The Labute approximate surface area is 96.3 Å². The van der Waals surface area contributed by atoms with Crippen LogP contribution >= 0.6 is 0 Å². The molecule has 1 aromatic rings. The van der Waals surface area contributed by atoms with Crippen molar-refractivity contribution in [2.45, 2.75) is 31.4 Å². The van der Waals surface area contributed by atoms with Crippen LogP contribution in [0.5, 0.6) is 0 Å². The first-order valence-electron chi connectivity index (χ1n) is 5.33. The molecule has 0 aromatic carbocycles. The highest BCUT2D eigenvalue weighted by molar-refractivity contribution is 7.89. The first-order valence-corrected chi connectivity index (χ1v) is 6.81. The quantitative estimate of drug-likeness (QED) is 0.706. The molecule has 0 aliphatic heterocycles. The molecule has 0 aliphatic rings. The molecule has 0 radical (unpaired) electrons. The third-order valence-corrected chi connectivity index (χ3v) is 3.41. The number of unbranched alkanes of at least 4 members (excludes halogenated alkanes) is 1. The van der Waals surface area contributed by atoms with Crippen molar-refractivity contribution in [3.8, 4) is 0 Å². The number of hydrogen-bond acceptors (Lipinski definition) is 4. The summed E-state index contributed by atoms with van der Waals surface area (Å²) in [6.07, 6.45) is 1.77. The largest absolute Gasteiger partial charge is 0.447 e. The van der Waals surface area contributed by atoms with Gasteiger partial charge in [0.1, 0.15) is 5.76 Å². The van der Waals surface area contributed by atoms with Crippen LogP contribution in [0.1, 0.15) is 25.5 Å². The van der Waals surface area contributed by atoms with Gasteiger partial charge in [-0.15, -0.1) is 0 Å². The van der Waals surface area contributed by atoms with Crippen molar-refractivity contribution in [2.24, 2.45) is 0 Å². The zero-order chi connectivity index (χ0) is 12.0. The fourth-order valence-electron chi connectivity index (χ4n) is 1.23. The summed E-state index contributed by atoms with van der Waals surface area (Å²) in [7, 11) is -1.70. The lowest BCUT2D eigenvalue weighted by Gasteiger charge is -2.02. The van der Waals surface area contributed by atoms with Crippen LogP contribution in [0, 0.1) is 0 Å². The molecule has 1 rings (SSSR count). The van der Waals surface area contributed by atoms with E-state index in [0.717, 1.165) is 12.8 Å². The summed E-state index contributed by atoms with van der Waals surface area (Å²) in [6, 6.07) is 3.13. The van der Waals surface area contributed by atoms with Crippen LogP contribution < -0.4 is 10.0 Å². The molecule has 0 fully saturated rings. The number of nitrogens with one attached hydrogen (secondary N) is 2. The van der Waals surface area contributed by atoms with E-state index in [1.54, 1.807) is 13.1 Å². The highest BCUT2D eigenvalue weighted by Crippen LogP contribution is 2.13. The summed E-state index contributed by atoms with van der Waals surface area (Å²) in [5.74, 6) is 0.610. The lowest BCUT2D eigenvalue weighted by molar-refractivity contribution is 0.404. The van der Waals surface area contributed by atoms with E-state index in [9.17, 15) is 8.42 Å². The Morgan fingerprint density at radius 2 is 2.12 bits per heavy atom. The summed E-state index contributed by atoms with van der Waals surface area (Å²) in [5, 5.41) is 2.87. The molecule has 1 heterocycles. The Morgan fingerprint density at radius 1 is 1.38 bits per heavy atom. The Hall–Kier alpha value is -0.850. The Kier molecular flexibility index (Phi) is 4.98. The van der Waals surface area contributed by atoms with Gasteiger partial charge in [-0.1, -0.05) is 13.3 Å². The van der Waals surface area contributed by atoms with Crippen LogP contribution in [0.4, 0.5) is 0 Å². The normalized spacial score (nSPS) is 11.9. The fourth-order valence-corrected chi connectivity index (χ4v) is 2.25. The number of sulfonamides is 1. The topological polar surface area (TPSA) is 71.3 Å². The molecular weight excluding hydrogens is 228 g/mol. The van der Waals surface area contributed by atoms with Gasteiger partial charge in [-0.05, 0) is 25.6 Å². The average molecular weight is 246 g/mol. The zero-order valence-electron chi connectivity index (χ0n) is 9.62. The Balaban J connectivity index is 2.66. The van der Waals surface area contributed by atoms with Crippen molar-refractivity contribution < 1.29 is 12.8 Å². The minimum absolute atomic E-state index is 0.0196. The van der Waals surface area contributed by atoms with Crippen LogP contribution in [-0.4, -0.2) is 22.0 Å². The van der Waals surface area contributed by atoms with Gasteiger partial charge in [-0.2, -0.15) is 0 Å². The van der Waals surface area contributed by atoms with Gasteiger partial charge in [0.2, 0.25) is 5.09 Å². The molecule has 1 aromatic heterocycles. The standard InChI is InChI=1S/C10H18N2O3S/c1-3-4-7-12-16(13,14)10-6-5-9(15-10)8-11-2/h5-6,11-12H,3-4,7-8H2,1-2H3. The van der Waals surface area contributed by atoms with Crippen molar-refractivity contribution in [1.82, 2.24) is 10.0 Å². The second-order valence-corrected chi connectivity index (χ2v) is 5.20. The maximum atomic E-state index is 11.7. The third kappa shape index (κ3) is 3.62. The van der Waals surface area contributed by atoms with Gasteiger partial charge in [0.05, 0.1) is 6.54 Å². The van der Waals surface area contributed by atoms with Gasteiger partial charge >= 0.3 is 0 Å². The summed E-state index contributed by atoms with van der Waals surface area (Å²) in [5.41, 5.74) is 0. The summed E-state index contributed by atoms with van der Waals surface area (Å²) >= 11 is 0. The summed E-state index contributed by atoms with van der Waals surface area (Å²) in [4.78, 5) is 0. The first-order chi connectivity index (χ1) is 7.60. The van der Waals surface area contributed by atoms with Gasteiger partial charge in [0, 0.05) is 6.54 Å². The molecule has 0 saturated carbocycles. The smallest absolute Gasteiger partial charge is 0.273 e. The molecule has 0 atom stereocenters. The molecule has 92 valence electrons. The first kappa shape index (κ1) is 13.2. The molecule has 0 spiro atoms. The molecular formula is C10H18N2O3S. The van der Waals surface area contributed by atoms with Gasteiger partial charge in [0.15, 0.2) is 0 Å². The SMILES string of the molecule is CCCCNS(=O)(=O)c1ccc(CNC)o1. The Bertz CT molecular complexity index is 411. The van der Waals surface area contributed by atoms with E-state index in [1.165, 1.54) is 6.07 Å². The molecule has 6 heteroatoms. The van der Waals surface area contributed by atoms with Gasteiger partial charge in [-0.25, -0.2) is 13.1 Å². The zero-order valence-corrected chi connectivity index (χ0v) is 10.4. The number of hydrogen-bond donors (Lipinski definition) is 2. The third-order valence-electron chi connectivity index (χ3n) is 2.08. The van der Waals surface area contributed by atoms with Crippen LogP contribution in [0.2, 0.25) is 0 Å². The molecule has 0 unspecified atom stereocenters. The maximum Gasteiger partial charge on any atom is 0.273 e. The maximum absolute atomic E-state index is 11.7. The van der Waals surface area contributed by atoms with E-state index < -0.39 is 10.0 Å². The van der Waals surface area contributed by atoms with Crippen LogP contribution in [0.3, 0.4) is 0 Å². The Morgan fingerprint density at radius 3 is 2.75 bits per heavy atom. The minimum atomic E-state index is -3.47. The van der Waals surface area contributed by atoms with Crippen molar-refractivity contribution >= 4 is 10.0 Å². The second-order valence-electron chi connectivity index (χ2n) is 3.50. The van der Waals surface area contributed by atoms with E-state index in [-0.39, 0.29) is 5.09 Å². The van der Waals surface area contributed by atoms with E-state index >= 15 is 0 Å². The summed E-state index contributed by atoms with van der Waals surface area (Å²) < 4.78 is 31.1. The fraction of sp³-hybridized carbons (Fsp3) is 0.600. The molecule has 0 bridgehead atoms. The lowest BCUT2D eigenvalue weighted by Crippen LogP contribution is -2.24. The number of rotatable bonds is 7. The van der Waals surface area contributed by atoms with Crippen LogP contribution in [-0.2, 0) is 16.6 Å². The highest BCUT2D eigenvalue weighted by Gasteiger charge is 2.17. The molecule has 2 N–H and O–H groups in total. The van der Waals surface area contributed by atoms with E-state index in [4.69, 9.17) is 4.42 Å². The van der Waals surface area contributed by atoms with E-state index in [0.29, 0.717) is 18.8 Å². The predicted octanol–water partition coefficient (Wildman–Crippen LogP) is 1.08. The summed E-state index contributed by atoms with van der Waals surface area (Å²) in [6.45, 7) is 2.97. The van der Waals surface area contributed by atoms with Crippen LogP contribution in [0.25, 0.3) is 0 Å². The van der Waals surface area contributed by atoms with Gasteiger partial charge < -0.3 is 9.73 Å². The van der Waals surface area contributed by atoms with Gasteiger partial charge in [0.25, 0.3) is 10.0 Å². The molecule has 0 aliphatic carbocycles.